The zero-order valence-electron chi connectivity index (χ0n) is 12.7. The van der Waals surface area contributed by atoms with E-state index in [1.807, 2.05) is 6.07 Å². The number of rotatable bonds is 4. The van der Waals surface area contributed by atoms with E-state index < -0.39 is 0 Å². The largest absolute Gasteiger partial charge is 0.330 e. The van der Waals surface area contributed by atoms with E-state index in [1.165, 1.54) is 6.07 Å². The van der Waals surface area contributed by atoms with Crippen molar-refractivity contribution in [2.45, 2.75) is 46.0 Å². The topological polar surface area (TPSA) is 69.2 Å². The Morgan fingerprint density at radius 3 is 2.43 bits per heavy atom. The average molecular weight is 355 g/mol. The zero-order chi connectivity index (χ0) is 15.7. The summed E-state index contributed by atoms with van der Waals surface area (Å²) < 4.78 is 0.604. The molecule has 0 bridgehead atoms. The molecule has 1 aromatic rings. The van der Waals surface area contributed by atoms with Crippen molar-refractivity contribution in [3.63, 3.8) is 0 Å². The van der Waals surface area contributed by atoms with Gasteiger partial charge in [0.25, 0.3) is 5.69 Å². The van der Waals surface area contributed by atoms with Crippen LogP contribution in [-0.4, -0.2) is 11.5 Å². The van der Waals surface area contributed by atoms with Gasteiger partial charge in [-0.3, -0.25) is 10.1 Å². The molecule has 5 heteroatoms. The lowest BCUT2D eigenvalue weighted by Crippen LogP contribution is -2.39. The van der Waals surface area contributed by atoms with Gasteiger partial charge in [-0.1, -0.05) is 26.0 Å². The number of hydrogen-bond donors (Lipinski definition) is 1. The summed E-state index contributed by atoms with van der Waals surface area (Å²) in [5.74, 6) is 0. The van der Waals surface area contributed by atoms with Crippen molar-refractivity contribution in [2.75, 3.05) is 6.54 Å². The second-order valence-corrected chi connectivity index (χ2v) is 7.85. The van der Waals surface area contributed by atoms with E-state index in [2.05, 4.69) is 29.8 Å². The summed E-state index contributed by atoms with van der Waals surface area (Å²) in [5.41, 5.74) is 7.67. The Labute approximate surface area is 134 Å². The van der Waals surface area contributed by atoms with Gasteiger partial charge in [0.1, 0.15) is 0 Å². The van der Waals surface area contributed by atoms with E-state index in [4.69, 9.17) is 5.73 Å². The molecule has 1 aliphatic carbocycles. The molecule has 21 heavy (non-hydrogen) atoms. The van der Waals surface area contributed by atoms with Crippen LogP contribution in [0.5, 0.6) is 0 Å². The summed E-state index contributed by atoms with van der Waals surface area (Å²) in [6.07, 6.45) is 5.31. The fourth-order valence-electron chi connectivity index (χ4n) is 3.16. The third-order valence-electron chi connectivity index (χ3n) is 4.92. The fraction of sp³-hybridized carbons (Fsp3) is 0.625. The van der Waals surface area contributed by atoms with Gasteiger partial charge in [-0.25, -0.2) is 0 Å². The first-order chi connectivity index (χ1) is 9.79. The Hall–Kier alpha value is -0.940. The molecule has 0 spiro atoms. The minimum absolute atomic E-state index is 0.0766. The molecule has 0 heterocycles. The molecule has 0 amide bonds. The van der Waals surface area contributed by atoms with Crippen LogP contribution >= 0.6 is 15.9 Å². The van der Waals surface area contributed by atoms with Crippen molar-refractivity contribution in [3.8, 4) is 0 Å². The third kappa shape index (κ3) is 3.64. The minimum atomic E-state index is -0.341. The standard InChI is InChI=1S/C16H23BrN2O2/c1-15(2)6-8-16(11-18,9-7-15)10-12-4-3-5-13(14(12)17)19(20)21/h3-5H,6-11,18H2,1-2H3. The van der Waals surface area contributed by atoms with Gasteiger partial charge in [-0.15, -0.1) is 0 Å². The van der Waals surface area contributed by atoms with Crippen molar-refractivity contribution in [1.82, 2.24) is 0 Å². The first-order valence-corrected chi connectivity index (χ1v) is 8.20. The maximum atomic E-state index is 11.1. The SMILES string of the molecule is CC1(C)CCC(CN)(Cc2cccc([N+](=O)[O-])c2Br)CC1. The molecule has 0 unspecified atom stereocenters. The number of hydrogen-bond acceptors (Lipinski definition) is 3. The monoisotopic (exact) mass is 354 g/mol. The molecule has 0 atom stereocenters. The van der Waals surface area contributed by atoms with Gasteiger partial charge in [0, 0.05) is 6.07 Å². The van der Waals surface area contributed by atoms with Gasteiger partial charge in [0.15, 0.2) is 0 Å². The Kier molecular flexibility index (Phi) is 4.73. The van der Waals surface area contributed by atoms with Crippen molar-refractivity contribution in [1.29, 1.82) is 0 Å². The van der Waals surface area contributed by atoms with Crippen LogP contribution in [-0.2, 0) is 6.42 Å². The normalized spacial score (nSPS) is 20.2. The highest BCUT2D eigenvalue weighted by molar-refractivity contribution is 9.10. The highest BCUT2D eigenvalue weighted by Gasteiger charge is 2.38. The highest BCUT2D eigenvalue weighted by atomic mass is 79.9. The van der Waals surface area contributed by atoms with E-state index >= 15 is 0 Å². The van der Waals surface area contributed by atoms with E-state index in [9.17, 15) is 10.1 Å². The van der Waals surface area contributed by atoms with Crippen LogP contribution in [0.25, 0.3) is 0 Å². The Balaban J connectivity index is 2.24. The quantitative estimate of drug-likeness (QED) is 0.641. The van der Waals surface area contributed by atoms with Gasteiger partial charge in [-0.2, -0.15) is 0 Å². The molecule has 2 rings (SSSR count). The third-order valence-corrected chi connectivity index (χ3v) is 5.83. The average Bonchev–Trinajstić information content (AvgIpc) is 2.43. The summed E-state index contributed by atoms with van der Waals surface area (Å²) in [4.78, 5) is 10.7. The molecular formula is C16H23BrN2O2. The number of benzene rings is 1. The van der Waals surface area contributed by atoms with Crippen LogP contribution in [0, 0.1) is 20.9 Å². The first kappa shape index (κ1) is 16.4. The van der Waals surface area contributed by atoms with Gasteiger partial charge in [-0.05, 0) is 71.0 Å². The molecule has 1 saturated carbocycles. The summed E-state index contributed by atoms with van der Waals surface area (Å²) in [6, 6.07) is 5.26. The second-order valence-electron chi connectivity index (χ2n) is 7.05. The predicted octanol–water partition coefficient (Wildman–Crippen LogP) is 4.45. The number of nitro benzene ring substituents is 1. The molecule has 116 valence electrons. The lowest BCUT2D eigenvalue weighted by Gasteiger charge is -2.43. The molecule has 4 nitrogen and oxygen atoms in total. The van der Waals surface area contributed by atoms with Crippen LogP contribution in [0.2, 0.25) is 0 Å². The lowest BCUT2D eigenvalue weighted by atomic mass is 9.63. The van der Waals surface area contributed by atoms with Crippen LogP contribution in [0.3, 0.4) is 0 Å². The second kappa shape index (κ2) is 6.05. The lowest BCUT2D eigenvalue weighted by molar-refractivity contribution is -0.385. The Bertz CT molecular complexity index is 533. The van der Waals surface area contributed by atoms with Gasteiger partial charge < -0.3 is 5.73 Å². The van der Waals surface area contributed by atoms with Gasteiger partial charge in [0.2, 0.25) is 0 Å². The molecule has 0 radical (unpaired) electrons. The van der Waals surface area contributed by atoms with E-state index in [1.54, 1.807) is 6.07 Å². The molecule has 0 aliphatic heterocycles. The smallest absolute Gasteiger partial charge is 0.283 e. The maximum absolute atomic E-state index is 11.1. The molecule has 2 N–H and O–H groups in total. The van der Waals surface area contributed by atoms with Crippen LogP contribution in [0.4, 0.5) is 5.69 Å². The molecule has 0 saturated heterocycles. The summed E-state index contributed by atoms with van der Waals surface area (Å²) in [6.45, 7) is 5.24. The van der Waals surface area contributed by atoms with Gasteiger partial charge in [0.05, 0.1) is 9.40 Å². The summed E-state index contributed by atoms with van der Waals surface area (Å²) >= 11 is 3.40. The van der Waals surface area contributed by atoms with Crippen LogP contribution in [0.1, 0.15) is 45.1 Å². The number of nitro groups is 1. The molecule has 1 aromatic carbocycles. The van der Waals surface area contributed by atoms with Crippen molar-refractivity contribution >= 4 is 21.6 Å². The fourth-order valence-corrected chi connectivity index (χ4v) is 3.71. The highest BCUT2D eigenvalue weighted by Crippen LogP contribution is 2.47. The van der Waals surface area contributed by atoms with E-state index in [0.29, 0.717) is 16.4 Å². The number of nitrogens with zero attached hydrogens (tertiary/aromatic N) is 1. The van der Waals surface area contributed by atoms with Crippen LogP contribution in [0.15, 0.2) is 22.7 Å². The maximum Gasteiger partial charge on any atom is 0.283 e. The Morgan fingerprint density at radius 1 is 1.29 bits per heavy atom. The molecule has 1 fully saturated rings. The van der Waals surface area contributed by atoms with E-state index in [0.717, 1.165) is 37.7 Å². The summed E-state index contributed by atoms with van der Waals surface area (Å²) in [5, 5.41) is 11.1. The molecule has 0 aromatic heterocycles. The van der Waals surface area contributed by atoms with Gasteiger partial charge >= 0.3 is 0 Å². The minimum Gasteiger partial charge on any atom is -0.330 e. The van der Waals surface area contributed by atoms with Crippen LogP contribution < -0.4 is 5.73 Å². The zero-order valence-corrected chi connectivity index (χ0v) is 14.3. The number of nitrogens with two attached hydrogens (primary N) is 1. The molecule has 1 aliphatic rings. The predicted molar refractivity (Wildman–Crippen MR) is 88.2 cm³/mol. The van der Waals surface area contributed by atoms with Crippen molar-refractivity contribution in [2.24, 2.45) is 16.6 Å². The van der Waals surface area contributed by atoms with Crippen molar-refractivity contribution in [3.05, 3.63) is 38.3 Å². The van der Waals surface area contributed by atoms with E-state index in [-0.39, 0.29) is 16.0 Å². The van der Waals surface area contributed by atoms with Crippen molar-refractivity contribution < 1.29 is 4.92 Å². The number of halogens is 1. The first-order valence-electron chi connectivity index (χ1n) is 7.40. The summed E-state index contributed by atoms with van der Waals surface area (Å²) in [7, 11) is 0. The molecular weight excluding hydrogens is 332 g/mol. The Morgan fingerprint density at radius 2 is 1.90 bits per heavy atom.